The second-order valence-corrected chi connectivity index (χ2v) is 13.5. The highest BCUT2D eigenvalue weighted by atomic mass is 35.5. The van der Waals surface area contributed by atoms with E-state index in [-0.39, 0.29) is 51.3 Å². The van der Waals surface area contributed by atoms with Crippen molar-refractivity contribution in [3.8, 4) is 11.5 Å². The van der Waals surface area contributed by atoms with Crippen molar-refractivity contribution in [2.75, 3.05) is 16.9 Å². The first-order valence-electron chi connectivity index (χ1n) is 15.1. The maximum Gasteiger partial charge on any atom is 0.335 e. The molecule has 0 radical (unpaired) electrons. The van der Waals surface area contributed by atoms with Gasteiger partial charge < -0.3 is 14.9 Å². The molecule has 2 heterocycles. The molecule has 10 nitrogen and oxygen atoms in total. The number of carboxylic acid groups (broad SMARTS) is 1. The van der Waals surface area contributed by atoms with E-state index in [4.69, 9.17) is 27.9 Å². The zero-order chi connectivity index (χ0) is 34.4. The Balaban J connectivity index is 1.38. The first kappa shape index (κ1) is 31.8. The van der Waals surface area contributed by atoms with Gasteiger partial charge in [0, 0.05) is 5.92 Å². The fraction of sp³-hybridized carbons (Fsp3) is 0.286. The van der Waals surface area contributed by atoms with E-state index in [0.717, 1.165) is 15.9 Å². The summed E-state index contributed by atoms with van der Waals surface area (Å²) in [5.41, 5.74) is -0.233. The predicted molar refractivity (Wildman–Crippen MR) is 172 cm³/mol. The van der Waals surface area contributed by atoms with Gasteiger partial charge in [0.1, 0.15) is 5.82 Å². The summed E-state index contributed by atoms with van der Waals surface area (Å²) in [6.07, 6.45) is 2.03. The number of aromatic carboxylic acids is 1. The molecule has 1 saturated carbocycles. The van der Waals surface area contributed by atoms with Gasteiger partial charge in [0.15, 0.2) is 11.5 Å². The molecule has 2 N–H and O–H groups in total. The topological polar surface area (TPSA) is 142 Å². The van der Waals surface area contributed by atoms with Crippen LogP contribution in [0.5, 0.6) is 11.5 Å². The first-order valence-corrected chi connectivity index (χ1v) is 15.9. The minimum absolute atomic E-state index is 0.0320. The van der Waals surface area contributed by atoms with Crippen molar-refractivity contribution in [2.24, 2.45) is 29.1 Å². The minimum atomic E-state index is -1.44. The summed E-state index contributed by atoms with van der Waals surface area (Å²) in [7, 11) is 1.34. The third-order valence-corrected chi connectivity index (χ3v) is 11.0. The van der Waals surface area contributed by atoms with Crippen LogP contribution in [0.15, 0.2) is 66.2 Å². The van der Waals surface area contributed by atoms with Crippen molar-refractivity contribution in [1.29, 1.82) is 0 Å². The number of allylic oxidation sites excluding steroid dienone is 2. The largest absolute Gasteiger partial charge is 0.503 e. The molecule has 4 amide bonds. The van der Waals surface area contributed by atoms with Crippen LogP contribution in [0.1, 0.15) is 41.6 Å². The molecular weight excluding hydrogens is 666 g/mol. The van der Waals surface area contributed by atoms with Crippen molar-refractivity contribution >= 4 is 64.2 Å². The van der Waals surface area contributed by atoms with Crippen LogP contribution in [0.3, 0.4) is 0 Å². The number of nitrogens with zero attached hydrogens (tertiary/aromatic N) is 2. The van der Waals surface area contributed by atoms with Crippen LogP contribution in [0.25, 0.3) is 0 Å². The number of hydrogen-bond donors (Lipinski definition) is 2. The van der Waals surface area contributed by atoms with E-state index < -0.39 is 70.4 Å². The van der Waals surface area contributed by atoms with E-state index >= 15 is 0 Å². The van der Waals surface area contributed by atoms with Gasteiger partial charge in [-0.1, -0.05) is 40.9 Å². The number of aromatic hydroxyl groups is 1. The second kappa shape index (κ2) is 11.2. The van der Waals surface area contributed by atoms with Crippen LogP contribution >= 0.6 is 23.2 Å². The molecular formula is C35H27Cl2FN2O8. The van der Waals surface area contributed by atoms with Gasteiger partial charge in [0.25, 0.3) is 0 Å². The molecule has 3 aromatic rings. The predicted octanol–water partition coefficient (Wildman–Crippen LogP) is 5.98. The van der Waals surface area contributed by atoms with Crippen molar-refractivity contribution in [3.63, 3.8) is 0 Å². The van der Waals surface area contributed by atoms with Crippen molar-refractivity contribution in [3.05, 3.63) is 93.2 Å². The van der Waals surface area contributed by atoms with Gasteiger partial charge >= 0.3 is 5.97 Å². The summed E-state index contributed by atoms with van der Waals surface area (Å²) in [5, 5.41) is 19.7. The second-order valence-electron chi connectivity index (χ2n) is 12.7. The SMILES string of the molecule is COc1cc([C@H]2C3=CC[C@@H]4C(=O)N(c5cccc(C(=O)O)c5)C(=O)[C@@H]4[C@@H]3C[C@H]3C(=O)N(c4ccc(F)c(Cl)c4)C(=O)[C@@]23C)cc(Cl)c1O. The highest BCUT2D eigenvalue weighted by molar-refractivity contribution is 6.32. The molecule has 3 aromatic carbocycles. The van der Waals surface area contributed by atoms with Gasteiger partial charge in [-0.3, -0.25) is 24.1 Å². The van der Waals surface area contributed by atoms with E-state index in [2.05, 4.69) is 0 Å². The molecule has 13 heteroatoms. The fourth-order valence-corrected chi connectivity index (χ4v) is 8.61. The summed E-state index contributed by atoms with van der Waals surface area (Å²) < 4.78 is 19.5. The smallest absolute Gasteiger partial charge is 0.335 e. The number of carbonyl (C=O) groups is 5. The average molecular weight is 694 g/mol. The Bertz CT molecular complexity index is 2020. The van der Waals surface area contributed by atoms with Gasteiger partial charge in [-0.2, -0.15) is 0 Å². The number of benzene rings is 3. The van der Waals surface area contributed by atoms with Crippen LogP contribution in [-0.4, -0.2) is 46.9 Å². The lowest BCUT2D eigenvalue weighted by Crippen LogP contribution is -2.48. The maximum atomic E-state index is 14.6. The summed E-state index contributed by atoms with van der Waals surface area (Å²) in [6.45, 7) is 1.66. The number of phenolic OH excluding ortho intramolecular Hbond substituents is 1. The monoisotopic (exact) mass is 692 g/mol. The van der Waals surface area contributed by atoms with E-state index in [1.807, 2.05) is 6.08 Å². The van der Waals surface area contributed by atoms with Gasteiger partial charge in [-0.05, 0) is 79.8 Å². The zero-order valence-electron chi connectivity index (χ0n) is 25.4. The van der Waals surface area contributed by atoms with Crippen molar-refractivity contribution < 1.29 is 43.3 Å². The number of fused-ring (bicyclic) bond motifs is 4. The molecule has 4 aliphatic rings. The van der Waals surface area contributed by atoms with Gasteiger partial charge in [-0.15, -0.1) is 0 Å². The molecule has 2 aliphatic carbocycles. The lowest BCUT2D eigenvalue weighted by atomic mass is 9.51. The number of methoxy groups -OCH3 is 1. The lowest BCUT2D eigenvalue weighted by molar-refractivity contribution is -0.131. The number of anilines is 2. The van der Waals surface area contributed by atoms with E-state index in [9.17, 15) is 38.6 Å². The van der Waals surface area contributed by atoms with Crippen LogP contribution in [0.4, 0.5) is 15.8 Å². The third kappa shape index (κ3) is 4.40. The average Bonchev–Trinajstić information content (AvgIpc) is 3.43. The lowest BCUT2D eigenvalue weighted by Gasteiger charge is -2.49. The summed E-state index contributed by atoms with van der Waals surface area (Å²) in [4.78, 5) is 70.6. The Hall–Kier alpha value is -4.74. The molecule has 6 atom stereocenters. The van der Waals surface area contributed by atoms with E-state index in [1.54, 1.807) is 6.92 Å². The molecule has 48 heavy (non-hydrogen) atoms. The standard InChI is InChI=1S/C35H27Cl2FN2O8/c1-35-22(31(43)40(34(35)47)18-6-9-25(38)23(36)13-18)14-21-19(28(35)16-11-24(37)29(41)26(12-16)48-2)7-8-20-27(21)32(44)39(30(20)42)17-5-3-4-15(10-17)33(45)46/h3-7,9-13,20-22,27-28,41H,8,14H2,1-2H3,(H,45,46)/t20-,21+,22-,27-,28-,35+/m0/s1. The molecule has 246 valence electrons. The molecule has 3 fully saturated rings. The molecule has 2 saturated heterocycles. The normalized spacial score (nSPS) is 27.9. The number of carbonyl (C=O) groups excluding carboxylic acids is 4. The zero-order valence-corrected chi connectivity index (χ0v) is 27.0. The molecule has 0 bridgehead atoms. The Labute approximate surface area is 283 Å². The number of rotatable bonds is 5. The van der Waals surface area contributed by atoms with E-state index in [1.165, 1.54) is 55.6 Å². The molecule has 0 spiro atoms. The molecule has 0 unspecified atom stereocenters. The number of imide groups is 2. The van der Waals surface area contributed by atoms with Crippen LogP contribution in [-0.2, 0) is 19.2 Å². The van der Waals surface area contributed by atoms with Gasteiger partial charge in [-0.25, -0.2) is 14.1 Å². The van der Waals surface area contributed by atoms with Crippen LogP contribution in [0, 0.1) is 34.9 Å². The van der Waals surface area contributed by atoms with Crippen molar-refractivity contribution in [2.45, 2.75) is 25.7 Å². The number of hydrogen-bond acceptors (Lipinski definition) is 7. The van der Waals surface area contributed by atoms with Gasteiger partial charge in [0.2, 0.25) is 23.6 Å². The Morgan fingerprint density at radius 2 is 1.67 bits per heavy atom. The number of amides is 4. The molecule has 2 aliphatic heterocycles. The Morgan fingerprint density at radius 1 is 0.938 bits per heavy atom. The third-order valence-electron chi connectivity index (χ3n) is 10.4. The van der Waals surface area contributed by atoms with Crippen LogP contribution in [0.2, 0.25) is 10.0 Å². The minimum Gasteiger partial charge on any atom is -0.503 e. The number of carboxylic acids is 1. The molecule has 0 aromatic heterocycles. The van der Waals surface area contributed by atoms with E-state index in [0.29, 0.717) is 11.1 Å². The number of phenols is 1. The quantitative estimate of drug-likeness (QED) is 0.246. The molecule has 7 rings (SSSR count). The highest BCUT2D eigenvalue weighted by Gasteiger charge is 2.67. The fourth-order valence-electron chi connectivity index (χ4n) is 8.21. The number of ether oxygens (including phenoxy) is 1. The Kier molecular flexibility index (Phi) is 7.41. The first-order chi connectivity index (χ1) is 22.8. The summed E-state index contributed by atoms with van der Waals surface area (Å²) >= 11 is 12.5. The summed E-state index contributed by atoms with van der Waals surface area (Å²) in [6, 6.07) is 12.1. The van der Waals surface area contributed by atoms with Crippen molar-refractivity contribution in [1.82, 2.24) is 0 Å². The highest BCUT2D eigenvalue weighted by Crippen LogP contribution is 2.64. The number of halogens is 3. The van der Waals surface area contributed by atoms with Gasteiger partial charge in [0.05, 0.1) is 57.3 Å². The maximum absolute atomic E-state index is 14.6. The van der Waals surface area contributed by atoms with Crippen LogP contribution < -0.4 is 14.5 Å². The Morgan fingerprint density at radius 3 is 2.35 bits per heavy atom. The summed E-state index contributed by atoms with van der Waals surface area (Å²) in [5.74, 6) is -8.63.